The van der Waals surface area contributed by atoms with E-state index < -0.39 is 10.8 Å². The number of nitrogens with zero attached hydrogens (tertiary/aromatic N) is 2. The van der Waals surface area contributed by atoms with Crippen molar-refractivity contribution in [1.29, 1.82) is 0 Å². The van der Waals surface area contributed by atoms with E-state index in [2.05, 4.69) is 5.32 Å². The fraction of sp³-hybridized carbons (Fsp3) is 0.263. The molecule has 0 radical (unpaired) electrons. The van der Waals surface area contributed by atoms with E-state index in [1.54, 1.807) is 30.0 Å². The minimum absolute atomic E-state index is 0.0843. The summed E-state index contributed by atoms with van der Waals surface area (Å²) in [6, 6.07) is 11.7. The molecule has 1 aliphatic heterocycles. The first-order chi connectivity index (χ1) is 12.4. The topological polar surface area (TPSA) is 92.6 Å². The number of nitrogens with one attached hydrogen (secondary N) is 1. The van der Waals surface area contributed by atoms with Gasteiger partial charge in [-0.1, -0.05) is 18.2 Å². The van der Waals surface area contributed by atoms with Gasteiger partial charge in [-0.15, -0.1) is 0 Å². The Hall–Kier alpha value is -3.22. The molecule has 1 heterocycles. The molecule has 0 atom stereocenters. The summed E-state index contributed by atoms with van der Waals surface area (Å²) < 4.78 is 0. The van der Waals surface area contributed by atoms with Crippen LogP contribution in [0.25, 0.3) is 0 Å². The van der Waals surface area contributed by atoms with Crippen LogP contribution in [0.4, 0.5) is 11.4 Å². The van der Waals surface area contributed by atoms with Gasteiger partial charge in [0.1, 0.15) is 0 Å². The maximum absolute atomic E-state index is 12.4. The lowest BCUT2D eigenvalue weighted by Gasteiger charge is -2.16. The van der Waals surface area contributed by atoms with Gasteiger partial charge in [0.2, 0.25) is 5.91 Å². The fourth-order valence-corrected chi connectivity index (χ4v) is 2.99. The first-order valence-corrected chi connectivity index (χ1v) is 8.37. The Morgan fingerprint density at radius 3 is 2.77 bits per heavy atom. The van der Waals surface area contributed by atoms with E-state index in [1.807, 2.05) is 18.2 Å². The van der Waals surface area contributed by atoms with E-state index in [0.29, 0.717) is 24.2 Å². The first-order valence-electron chi connectivity index (χ1n) is 8.37. The van der Waals surface area contributed by atoms with Crippen molar-refractivity contribution in [2.75, 3.05) is 11.9 Å². The average Bonchev–Trinajstić information content (AvgIpc) is 3.00. The molecule has 2 amide bonds. The summed E-state index contributed by atoms with van der Waals surface area (Å²) in [5.74, 6) is -0.270. The molecule has 0 aliphatic carbocycles. The molecule has 0 unspecified atom stereocenters. The van der Waals surface area contributed by atoms with Crippen molar-refractivity contribution in [3.8, 4) is 0 Å². The number of nitro groups is 1. The van der Waals surface area contributed by atoms with Gasteiger partial charge in [0.25, 0.3) is 11.6 Å². The molecule has 1 saturated heterocycles. The lowest BCUT2D eigenvalue weighted by atomic mass is 10.1. The van der Waals surface area contributed by atoms with E-state index >= 15 is 0 Å². The van der Waals surface area contributed by atoms with Gasteiger partial charge >= 0.3 is 0 Å². The number of aryl methyl sites for hydroxylation is 1. The van der Waals surface area contributed by atoms with Crippen LogP contribution >= 0.6 is 0 Å². The summed E-state index contributed by atoms with van der Waals surface area (Å²) in [5, 5.41) is 13.8. The highest BCUT2D eigenvalue weighted by atomic mass is 16.6. The second-order valence-electron chi connectivity index (χ2n) is 6.33. The molecule has 2 aromatic rings. The number of carbonyl (C=O) groups excluding carboxylic acids is 2. The maximum Gasteiger partial charge on any atom is 0.273 e. The summed E-state index contributed by atoms with van der Waals surface area (Å²) in [6.07, 6.45) is 1.46. The predicted octanol–water partition coefficient (Wildman–Crippen LogP) is 3.28. The van der Waals surface area contributed by atoms with Crippen molar-refractivity contribution in [2.45, 2.75) is 26.3 Å². The van der Waals surface area contributed by atoms with Crippen LogP contribution in [0.1, 0.15) is 34.3 Å². The fourth-order valence-electron chi connectivity index (χ4n) is 2.99. The van der Waals surface area contributed by atoms with E-state index in [1.165, 1.54) is 6.07 Å². The molecule has 2 aromatic carbocycles. The maximum atomic E-state index is 12.4. The second kappa shape index (κ2) is 7.35. The molecule has 1 N–H and O–H groups in total. The molecule has 1 aliphatic rings. The molecule has 134 valence electrons. The van der Waals surface area contributed by atoms with E-state index in [9.17, 15) is 19.7 Å². The van der Waals surface area contributed by atoms with Gasteiger partial charge in [-0.3, -0.25) is 19.7 Å². The van der Waals surface area contributed by atoms with Crippen LogP contribution in [0.15, 0.2) is 42.5 Å². The average molecular weight is 353 g/mol. The zero-order valence-electron chi connectivity index (χ0n) is 14.4. The number of carbonyl (C=O) groups is 2. The summed E-state index contributed by atoms with van der Waals surface area (Å²) in [5.41, 5.74) is 2.15. The lowest BCUT2D eigenvalue weighted by molar-refractivity contribution is -0.385. The highest BCUT2D eigenvalue weighted by Crippen LogP contribution is 2.21. The van der Waals surface area contributed by atoms with Crippen molar-refractivity contribution in [1.82, 2.24) is 4.90 Å². The van der Waals surface area contributed by atoms with Crippen LogP contribution < -0.4 is 5.32 Å². The number of likely N-dealkylation sites (tertiary alicyclic amines) is 1. The summed E-state index contributed by atoms with van der Waals surface area (Å²) >= 11 is 0. The number of amides is 2. The number of benzene rings is 2. The minimum Gasteiger partial charge on any atom is -0.338 e. The third-order valence-electron chi connectivity index (χ3n) is 4.40. The number of rotatable bonds is 5. The second-order valence-corrected chi connectivity index (χ2v) is 6.33. The Kier molecular flexibility index (Phi) is 4.97. The molecule has 0 saturated carbocycles. The monoisotopic (exact) mass is 353 g/mol. The van der Waals surface area contributed by atoms with Gasteiger partial charge in [0, 0.05) is 42.4 Å². The van der Waals surface area contributed by atoms with Gasteiger partial charge < -0.3 is 10.2 Å². The van der Waals surface area contributed by atoms with Crippen molar-refractivity contribution >= 4 is 23.2 Å². The zero-order valence-corrected chi connectivity index (χ0v) is 14.4. The van der Waals surface area contributed by atoms with Crippen molar-refractivity contribution < 1.29 is 14.5 Å². The van der Waals surface area contributed by atoms with E-state index in [4.69, 9.17) is 0 Å². The molecule has 26 heavy (non-hydrogen) atoms. The molecule has 7 heteroatoms. The summed E-state index contributed by atoms with van der Waals surface area (Å²) in [6.45, 7) is 2.89. The normalized spacial score (nSPS) is 13.7. The predicted molar refractivity (Wildman–Crippen MR) is 96.9 cm³/mol. The van der Waals surface area contributed by atoms with E-state index in [0.717, 1.165) is 18.5 Å². The molecule has 7 nitrogen and oxygen atoms in total. The molecule has 3 rings (SSSR count). The zero-order chi connectivity index (χ0) is 18.7. The third-order valence-corrected chi connectivity index (χ3v) is 4.40. The number of nitro benzene ring substituents is 1. The largest absolute Gasteiger partial charge is 0.338 e. The van der Waals surface area contributed by atoms with Gasteiger partial charge in [-0.25, -0.2) is 0 Å². The van der Waals surface area contributed by atoms with Crippen LogP contribution in [-0.4, -0.2) is 28.2 Å². The standard InChI is InChI=1S/C19H19N3O4/c1-13-7-8-15(11-17(13)22(25)26)19(24)20-16-5-2-4-14(10-16)12-21-9-3-6-18(21)23/h2,4-5,7-8,10-11H,3,6,9,12H2,1H3,(H,20,24). The smallest absolute Gasteiger partial charge is 0.273 e. The van der Waals surface area contributed by atoms with Crippen LogP contribution in [0, 0.1) is 17.0 Å². The molecule has 0 aromatic heterocycles. The Labute approximate surface area is 150 Å². The molecular weight excluding hydrogens is 334 g/mol. The van der Waals surface area contributed by atoms with Gasteiger partial charge in [0.05, 0.1) is 4.92 Å². The minimum atomic E-state index is -0.500. The third kappa shape index (κ3) is 3.88. The molecule has 0 bridgehead atoms. The first kappa shape index (κ1) is 17.6. The van der Waals surface area contributed by atoms with Gasteiger partial charge in [-0.2, -0.15) is 0 Å². The summed E-state index contributed by atoms with van der Waals surface area (Å²) in [7, 11) is 0. The molecule has 1 fully saturated rings. The molecular formula is C19H19N3O4. The summed E-state index contributed by atoms with van der Waals surface area (Å²) in [4.78, 5) is 36.5. The SMILES string of the molecule is Cc1ccc(C(=O)Nc2cccc(CN3CCCC3=O)c2)cc1[N+](=O)[O-]. The van der Waals surface area contributed by atoms with Crippen LogP contribution in [0.3, 0.4) is 0 Å². The number of anilines is 1. The van der Waals surface area contributed by atoms with Gasteiger partial charge in [-0.05, 0) is 37.1 Å². The van der Waals surface area contributed by atoms with Crippen LogP contribution in [-0.2, 0) is 11.3 Å². The number of hydrogen-bond acceptors (Lipinski definition) is 4. The highest BCUT2D eigenvalue weighted by molar-refractivity contribution is 6.04. The Balaban J connectivity index is 1.73. The van der Waals surface area contributed by atoms with Gasteiger partial charge in [0.15, 0.2) is 0 Å². The van der Waals surface area contributed by atoms with Crippen molar-refractivity contribution in [2.24, 2.45) is 0 Å². The lowest BCUT2D eigenvalue weighted by Crippen LogP contribution is -2.23. The van der Waals surface area contributed by atoms with Crippen LogP contribution in [0.5, 0.6) is 0 Å². The Morgan fingerprint density at radius 1 is 1.27 bits per heavy atom. The number of hydrogen-bond donors (Lipinski definition) is 1. The van der Waals surface area contributed by atoms with Crippen molar-refractivity contribution in [3.63, 3.8) is 0 Å². The van der Waals surface area contributed by atoms with E-state index in [-0.39, 0.29) is 17.2 Å². The quantitative estimate of drug-likeness (QED) is 0.659. The Bertz CT molecular complexity index is 879. The highest BCUT2D eigenvalue weighted by Gasteiger charge is 2.20. The molecule has 0 spiro atoms. The van der Waals surface area contributed by atoms with Crippen LogP contribution in [0.2, 0.25) is 0 Å². The van der Waals surface area contributed by atoms with Crippen molar-refractivity contribution in [3.05, 3.63) is 69.3 Å². The Morgan fingerprint density at radius 2 is 2.08 bits per heavy atom.